The van der Waals surface area contributed by atoms with Crippen LogP contribution in [0.5, 0.6) is 0 Å². The molecule has 0 saturated carbocycles. The number of hydrogen-bond acceptors (Lipinski definition) is 4. The molecule has 7 nitrogen and oxygen atoms in total. The van der Waals surface area contributed by atoms with Gasteiger partial charge in [0.05, 0.1) is 17.3 Å². The molecule has 33 heavy (non-hydrogen) atoms. The van der Waals surface area contributed by atoms with E-state index in [0.29, 0.717) is 35.7 Å². The van der Waals surface area contributed by atoms with Crippen molar-refractivity contribution in [3.05, 3.63) is 65.7 Å². The van der Waals surface area contributed by atoms with Crippen LogP contribution >= 0.6 is 11.6 Å². The summed E-state index contributed by atoms with van der Waals surface area (Å²) in [6.07, 6.45) is 3.45. The van der Waals surface area contributed by atoms with E-state index in [4.69, 9.17) is 16.3 Å². The molecule has 1 unspecified atom stereocenters. The van der Waals surface area contributed by atoms with Crippen LogP contribution in [0.2, 0.25) is 0 Å². The molecule has 176 valence electrons. The summed E-state index contributed by atoms with van der Waals surface area (Å²) in [5, 5.41) is 14.8. The normalized spacial score (nSPS) is 12.2. The number of para-hydroxylation sites is 2. The van der Waals surface area contributed by atoms with Crippen molar-refractivity contribution in [1.82, 2.24) is 0 Å². The zero-order valence-corrected chi connectivity index (χ0v) is 19.7. The second kappa shape index (κ2) is 12.1. The largest absolute Gasteiger partial charge is 0.481 e. The van der Waals surface area contributed by atoms with Gasteiger partial charge in [0.15, 0.2) is 0 Å². The van der Waals surface area contributed by atoms with Gasteiger partial charge in [0.2, 0.25) is 5.91 Å². The van der Waals surface area contributed by atoms with E-state index < -0.39 is 23.6 Å². The van der Waals surface area contributed by atoms with Crippen molar-refractivity contribution in [2.24, 2.45) is 0 Å². The third-order valence-corrected chi connectivity index (χ3v) is 4.78. The summed E-state index contributed by atoms with van der Waals surface area (Å²) in [5.74, 6) is -1.47. The standard InChI is InChI=1S/C25H29ClN2O5/c1-25(2,3)33-24(32)28-21-9-5-4-8-20(21)27-22(29)15-12-17-10-13-18(14-11-17)19(23(30)31)7-6-16-26/h4-5,8-15,19H,6-7,16H2,1-3H3,(H,27,29)(H,28,32)(H,30,31). The number of ether oxygens (including phenoxy) is 1. The maximum Gasteiger partial charge on any atom is 0.412 e. The number of carbonyl (C=O) groups excluding carboxylic acids is 2. The fourth-order valence-corrected chi connectivity index (χ4v) is 3.17. The Morgan fingerprint density at radius 1 is 1.03 bits per heavy atom. The van der Waals surface area contributed by atoms with E-state index in [1.54, 1.807) is 75.4 Å². The number of benzene rings is 2. The van der Waals surface area contributed by atoms with E-state index in [1.807, 2.05) is 0 Å². The molecule has 0 aliphatic carbocycles. The van der Waals surface area contributed by atoms with Crippen molar-refractivity contribution < 1.29 is 24.2 Å². The van der Waals surface area contributed by atoms with Gasteiger partial charge in [-0.05, 0) is 62.9 Å². The maximum absolute atomic E-state index is 12.4. The fourth-order valence-electron chi connectivity index (χ4n) is 3.01. The number of carbonyl (C=O) groups is 3. The van der Waals surface area contributed by atoms with Gasteiger partial charge in [-0.25, -0.2) is 4.79 Å². The quantitative estimate of drug-likeness (QED) is 0.312. The predicted molar refractivity (Wildman–Crippen MR) is 131 cm³/mol. The van der Waals surface area contributed by atoms with Crippen LogP contribution < -0.4 is 10.6 Å². The third-order valence-electron chi connectivity index (χ3n) is 4.51. The Hall–Kier alpha value is -3.32. The Morgan fingerprint density at radius 2 is 1.64 bits per heavy atom. The summed E-state index contributed by atoms with van der Waals surface area (Å²) in [6, 6.07) is 13.8. The molecule has 8 heteroatoms. The second-order valence-corrected chi connectivity index (χ2v) is 8.76. The van der Waals surface area contributed by atoms with Gasteiger partial charge in [-0.15, -0.1) is 11.6 Å². The average Bonchev–Trinajstić information content (AvgIpc) is 2.73. The van der Waals surface area contributed by atoms with Gasteiger partial charge >= 0.3 is 12.1 Å². The lowest BCUT2D eigenvalue weighted by Gasteiger charge is -2.20. The molecule has 2 amide bonds. The number of amides is 2. The first-order valence-electron chi connectivity index (χ1n) is 10.6. The van der Waals surface area contributed by atoms with Gasteiger partial charge in [-0.3, -0.25) is 14.9 Å². The van der Waals surface area contributed by atoms with Gasteiger partial charge in [0.25, 0.3) is 0 Å². The summed E-state index contributed by atoms with van der Waals surface area (Å²) in [6.45, 7) is 5.29. The molecule has 0 radical (unpaired) electrons. The van der Waals surface area contributed by atoms with Crippen molar-refractivity contribution in [2.75, 3.05) is 16.5 Å². The minimum Gasteiger partial charge on any atom is -0.481 e. The van der Waals surface area contributed by atoms with Crippen LogP contribution in [0.15, 0.2) is 54.6 Å². The molecule has 0 aliphatic heterocycles. The molecule has 0 spiro atoms. The van der Waals surface area contributed by atoms with Crippen LogP contribution in [0.25, 0.3) is 6.08 Å². The van der Waals surface area contributed by atoms with E-state index in [-0.39, 0.29) is 5.91 Å². The molecule has 0 fully saturated rings. The van der Waals surface area contributed by atoms with Crippen molar-refractivity contribution in [3.63, 3.8) is 0 Å². The SMILES string of the molecule is CC(C)(C)OC(=O)Nc1ccccc1NC(=O)C=Cc1ccc(C(CCCCl)C(=O)O)cc1. The summed E-state index contributed by atoms with van der Waals surface area (Å²) in [7, 11) is 0. The smallest absolute Gasteiger partial charge is 0.412 e. The zero-order valence-electron chi connectivity index (χ0n) is 18.9. The summed E-state index contributed by atoms with van der Waals surface area (Å²) in [4.78, 5) is 36.0. The van der Waals surface area contributed by atoms with Crippen molar-refractivity contribution in [3.8, 4) is 0 Å². The van der Waals surface area contributed by atoms with E-state index in [0.717, 1.165) is 5.56 Å². The highest BCUT2D eigenvalue weighted by molar-refractivity contribution is 6.17. The lowest BCUT2D eigenvalue weighted by Crippen LogP contribution is -2.27. The highest BCUT2D eigenvalue weighted by Crippen LogP contribution is 2.24. The fraction of sp³-hybridized carbons (Fsp3) is 0.320. The molecule has 0 aromatic heterocycles. The Balaban J connectivity index is 2.03. The zero-order chi connectivity index (χ0) is 24.4. The number of aliphatic carboxylic acids is 1. The van der Waals surface area contributed by atoms with Crippen LogP contribution in [-0.4, -0.2) is 34.6 Å². The van der Waals surface area contributed by atoms with E-state index in [2.05, 4.69) is 10.6 Å². The summed E-state index contributed by atoms with van der Waals surface area (Å²) < 4.78 is 5.25. The maximum atomic E-state index is 12.4. The van der Waals surface area contributed by atoms with Crippen molar-refractivity contribution in [2.45, 2.75) is 45.1 Å². The first kappa shape index (κ1) is 25.9. The van der Waals surface area contributed by atoms with Gasteiger partial charge in [0.1, 0.15) is 5.60 Å². The number of carboxylic acids is 1. The first-order chi connectivity index (χ1) is 15.6. The molecule has 2 rings (SSSR count). The van der Waals surface area contributed by atoms with Crippen LogP contribution in [0.4, 0.5) is 16.2 Å². The molecule has 2 aromatic carbocycles. The number of rotatable bonds is 9. The Morgan fingerprint density at radius 3 is 2.18 bits per heavy atom. The Bertz CT molecular complexity index is 997. The molecule has 0 aliphatic rings. The summed E-state index contributed by atoms with van der Waals surface area (Å²) in [5.41, 5.74) is 1.63. The summed E-state index contributed by atoms with van der Waals surface area (Å²) >= 11 is 5.68. The van der Waals surface area contributed by atoms with Crippen LogP contribution in [0, 0.1) is 0 Å². The predicted octanol–water partition coefficient (Wildman–Crippen LogP) is 5.87. The Labute approximate surface area is 198 Å². The van der Waals surface area contributed by atoms with Crippen LogP contribution in [-0.2, 0) is 14.3 Å². The van der Waals surface area contributed by atoms with Gasteiger partial charge in [0, 0.05) is 12.0 Å². The van der Waals surface area contributed by atoms with Crippen LogP contribution in [0.3, 0.4) is 0 Å². The molecular weight excluding hydrogens is 444 g/mol. The van der Waals surface area contributed by atoms with E-state index >= 15 is 0 Å². The van der Waals surface area contributed by atoms with Crippen molar-refractivity contribution >= 4 is 47.0 Å². The number of hydrogen-bond donors (Lipinski definition) is 3. The molecule has 2 aromatic rings. The Kier molecular flexibility index (Phi) is 9.48. The molecule has 3 N–H and O–H groups in total. The molecule has 0 bridgehead atoms. The second-order valence-electron chi connectivity index (χ2n) is 8.38. The topological polar surface area (TPSA) is 105 Å². The van der Waals surface area contributed by atoms with E-state index in [1.165, 1.54) is 6.08 Å². The average molecular weight is 473 g/mol. The minimum absolute atomic E-state index is 0.386. The van der Waals surface area contributed by atoms with Gasteiger partial charge < -0.3 is 15.2 Å². The van der Waals surface area contributed by atoms with E-state index in [9.17, 15) is 19.5 Å². The van der Waals surface area contributed by atoms with Crippen LogP contribution in [0.1, 0.15) is 50.7 Å². The first-order valence-corrected chi connectivity index (χ1v) is 11.1. The number of anilines is 2. The lowest BCUT2D eigenvalue weighted by atomic mass is 9.94. The molecule has 1 atom stereocenters. The third kappa shape index (κ3) is 8.98. The van der Waals surface area contributed by atoms with Crippen molar-refractivity contribution in [1.29, 1.82) is 0 Å². The lowest BCUT2D eigenvalue weighted by molar-refractivity contribution is -0.139. The highest BCUT2D eigenvalue weighted by Gasteiger charge is 2.19. The minimum atomic E-state index is -0.888. The number of alkyl halides is 1. The number of nitrogens with one attached hydrogen (secondary N) is 2. The number of halogens is 1. The number of carboxylic acid groups (broad SMARTS) is 1. The molecule has 0 heterocycles. The van der Waals surface area contributed by atoms with Gasteiger partial charge in [-0.1, -0.05) is 36.4 Å². The monoisotopic (exact) mass is 472 g/mol. The molecular formula is C25H29ClN2O5. The van der Waals surface area contributed by atoms with Gasteiger partial charge in [-0.2, -0.15) is 0 Å². The highest BCUT2D eigenvalue weighted by atomic mass is 35.5. The molecule has 0 saturated heterocycles.